The fourth-order valence-corrected chi connectivity index (χ4v) is 3.49. The van der Waals surface area contributed by atoms with Crippen molar-refractivity contribution in [1.29, 1.82) is 0 Å². The number of rotatable bonds is 9. The standard InChI is InChI=1S/C25H26N2O3Si/c1-18-4-6-19(7-5-18)3-2-16-29-22-12-8-20(9-13-22)10-15-25(28)30-31-24-14-11-21(26)17-23(24)27/h4-15,17H,2-3,16,26-27H2,1H3/b15-10+. The van der Waals surface area contributed by atoms with Gasteiger partial charge >= 0.3 is 15.7 Å². The van der Waals surface area contributed by atoms with E-state index >= 15 is 0 Å². The summed E-state index contributed by atoms with van der Waals surface area (Å²) >= 11 is 0. The molecule has 0 fully saturated rings. The van der Waals surface area contributed by atoms with Crippen LogP contribution in [-0.4, -0.2) is 22.3 Å². The predicted molar refractivity (Wildman–Crippen MR) is 127 cm³/mol. The maximum Gasteiger partial charge on any atom is 0.357 e. The highest BCUT2D eigenvalue weighted by atomic mass is 28.2. The Morgan fingerprint density at radius 3 is 2.45 bits per heavy atom. The van der Waals surface area contributed by atoms with E-state index in [1.54, 1.807) is 24.3 Å². The van der Waals surface area contributed by atoms with E-state index in [0.29, 0.717) is 18.0 Å². The molecule has 4 N–H and O–H groups in total. The maximum absolute atomic E-state index is 12.0. The number of anilines is 2. The zero-order chi connectivity index (χ0) is 22.1. The Hall–Kier alpha value is -3.51. The molecule has 0 saturated heterocycles. The van der Waals surface area contributed by atoms with Crippen molar-refractivity contribution in [3.8, 4) is 5.75 Å². The first-order chi connectivity index (χ1) is 15.0. The van der Waals surface area contributed by atoms with Crippen molar-refractivity contribution in [2.24, 2.45) is 0 Å². The van der Waals surface area contributed by atoms with Gasteiger partial charge in [0, 0.05) is 22.6 Å². The molecule has 5 nitrogen and oxygen atoms in total. The van der Waals surface area contributed by atoms with E-state index < -0.39 is 5.97 Å². The molecule has 31 heavy (non-hydrogen) atoms. The minimum Gasteiger partial charge on any atom is -0.508 e. The van der Waals surface area contributed by atoms with Crippen LogP contribution in [0.4, 0.5) is 11.4 Å². The van der Waals surface area contributed by atoms with Gasteiger partial charge in [0.1, 0.15) is 5.75 Å². The molecule has 0 spiro atoms. The molecule has 0 aliphatic heterocycles. The average Bonchev–Trinajstić information content (AvgIpc) is 2.77. The molecule has 3 rings (SSSR count). The van der Waals surface area contributed by atoms with E-state index in [-0.39, 0.29) is 9.76 Å². The second kappa shape index (κ2) is 11.0. The molecular formula is C25H26N2O3Si. The number of nitrogen functional groups attached to an aromatic ring is 2. The van der Waals surface area contributed by atoms with Gasteiger partial charge in [-0.25, -0.2) is 4.79 Å². The van der Waals surface area contributed by atoms with Crippen molar-refractivity contribution in [3.05, 3.63) is 89.5 Å². The number of hydrogen-bond donors (Lipinski definition) is 2. The van der Waals surface area contributed by atoms with E-state index in [2.05, 4.69) is 31.2 Å². The van der Waals surface area contributed by atoms with Gasteiger partial charge in [0.2, 0.25) is 0 Å². The lowest BCUT2D eigenvalue weighted by atomic mass is 10.1. The molecule has 3 aromatic rings. The molecule has 0 aliphatic carbocycles. The lowest BCUT2D eigenvalue weighted by molar-refractivity contribution is -0.128. The van der Waals surface area contributed by atoms with Gasteiger partial charge in [-0.2, -0.15) is 0 Å². The Morgan fingerprint density at radius 1 is 1.00 bits per heavy atom. The van der Waals surface area contributed by atoms with Gasteiger partial charge in [-0.3, -0.25) is 0 Å². The van der Waals surface area contributed by atoms with Gasteiger partial charge < -0.3 is 20.6 Å². The first kappa shape index (κ1) is 22.2. The molecule has 6 heteroatoms. The van der Waals surface area contributed by atoms with Crippen LogP contribution < -0.4 is 21.4 Å². The van der Waals surface area contributed by atoms with Crippen LogP contribution in [0.25, 0.3) is 6.08 Å². The van der Waals surface area contributed by atoms with Crippen molar-refractivity contribution < 1.29 is 14.0 Å². The first-order valence-corrected chi connectivity index (χ1v) is 11.0. The van der Waals surface area contributed by atoms with Gasteiger partial charge in [-0.1, -0.05) is 48.0 Å². The average molecular weight is 431 g/mol. The van der Waals surface area contributed by atoms with E-state index in [1.165, 1.54) is 17.2 Å². The summed E-state index contributed by atoms with van der Waals surface area (Å²) in [5.74, 6) is 0.384. The summed E-state index contributed by atoms with van der Waals surface area (Å²) in [4.78, 5) is 12.0. The van der Waals surface area contributed by atoms with Gasteiger partial charge in [0.15, 0.2) is 0 Å². The number of ether oxygens (including phenoxy) is 1. The third kappa shape index (κ3) is 7.35. The van der Waals surface area contributed by atoms with Crippen LogP contribution in [0.1, 0.15) is 23.1 Å². The van der Waals surface area contributed by atoms with E-state index in [9.17, 15) is 4.79 Å². The molecule has 0 unspecified atom stereocenters. The Bertz CT molecular complexity index is 1030. The zero-order valence-electron chi connectivity index (χ0n) is 17.5. The van der Waals surface area contributed by atoms with Crippen LogP contribution in [0.15, 0.2) is 72.8 Å². The highest BCUT2D eigenvalue weighted by Gasteiger charge is 2.06. The molecule has 0 bridgehead atoms. The molecule has 0 aromatic heterocycles. The molecule has 0 saturated carbocycles. The summed E-state index contributed by atoms with van der Waals surface area (Å²) in [7, 11) is -0.168. The molecule has 0 atom stereocenters. The Labute approximate surface area is 185 Å². The Kier molecular flexibility index (Phi) is 7.89. The van der Waals surface area contributed by atoms with Crippen LogP contribution in [0, 0.1) is 6.92 Å². The number of carbonyl (C=O) groups excluding carboxylic acids is 1. The second-order valence-corrected chi connectivity index (χ2v) is 8.16. The van der Waals surface area contributed by atoms with Gasteiger partial charge in [-0.05, 0) is 61.2 Å². The number of nitrogens with two attached hydrogens (primary N) is 2. The van der Waals surface area contributed by atoms with Crippen molar-refractivity contribution in [2.45, 2.75) is 19.8 Å². The summed E-state index contributed by atoms with van der Waals surface area (Å²) in [6, 6.07) is 21.3. The first-order valence-electron chi connectivity index (χ1n) is 10.1. The lowest BCUT2D eigenvalue weighted by Crippen LogP contribution is -2.23. The Balaban J connectivity index is 1.40. The predicted octanol–water partition coefficient (Wildman–Crippen LogP) is 3.67. The fourth-order valence-electron chi connectivity index (χ4n) is 2.87. The number of benzene rings is 3. The van der Waals surface area contributed by atoms with Crippen LogP contribution in [0.3, 0.4) is 0 Å². The van der Waals surface area contributed by atoms with E-state index in [0.717, 1.165) is 29.3 Å². The fraction of sp³-hybridized carbons (Fsp3) is 0.160. The van der Waals surface area contributed by atoms with Crippen LogP contribution in [-0.2, 0) is 15.6 Å². The monoisotopic (exact) mass is 430 g/mol. The normalized spacial score (nSPS) is 10.9. The van der Waals surface area contributed by atoms with Gasteiger partial charge in [0.25, 0.3) is 0 Å². The quantitative estimate of drug-likeness (QED) is 0.234. The lowest BCUT2D eigenvalue weighted by Gasteiger charge is -2.07. The van der Waals surface area contributed by atoms with Gasteiger partial charge in [0.05, 0.1) is 6.61 Å². The van der Waals surface area contributed by atoms with Crippen LogP contribution in [0.5, 0.6) is 5.75 Å². The van der Waals surface area contributed by atoms with Crippen LogP contribution >= 0.6 is 0 Å². The Morgan fingerprint density at radius 2 is 1.74 bits per heavy atom. The van der Waals surface area contributed by atoms with E-state index in [4.69, 9.17) is 20.6 Å². The maximum atomic E-state index is 12.0. The summed E-state index contributed by atoms with van der Waals surface area (Å²) < 4.78 is 11.1. The highest BCUT2D eigenvalue weighted by molar-refractivity contribution is 6.51. The minimum atomic E-state index is -0.425. The summed E-state index contributed by atoms with van der Waals surface area (Å²) in [6.45, 7) is 2.75. The summed E-state index contributed by atoms with van der Waals surface area (Å²) in [6.07, 6.45) is 5.06. The summed E-state index contributed by atoms with van der Waals surface area (Å²) in [5, 5.41) is 0.750. The SMILES string of the molecule is Cc1ccc(CCCOc2ccc(/C=C/C(=O)O[Si]c3ccc(N)cc3N)cc2)cc1. The van der Waals surface area contributed by atoms with Crippen molar-refractivity contribution >= 4 is 38.4 Å². The highest BCUT2D eigenvalue weighted by Crippen LogP contribution is 2.14. The third-order valence-corrected chi connectivity index (χ3v) is 5.61. The summed E-state index contributed by atoms with van der Waals surface area (Å²) in [5.41, 5.74) is 16.1. The number of aryl methyl sites for hydroxylation is 2. The molecular weight excluding hydrogens is 404 g/mol. The number of carbonyl (C=O) groups is 1. The minimum absolute atomic E-state index is 0.168. The zero-order valence-corrected chi connectivity index (χ0v) is 18.5. The second-order valence-electron chi connectivity index (χ2n) is 7.21. The molecule has 0 aliphatic rings. The molecule has 0 heterocycles. The molecule has 158 valence electrons. The molecule has 3 aromatic carbocycles. The smallest absolute Gasteiger partial charge is 0.357 e. The van der Waals surface area contributed by atoms with Gasteiger partial charge in [-0.15, -0.1) is 0 Å². The third-order valence-electron chi connectivity index (χ3n) is 4.63. The number of hydrogen-bond acceptors (Lipinski definition) is 5. The van der Waals surface area contributed by atoms with Crippen molar-refractivity contribution in [3.63, 3.8) is 0 Å². The van der Waals surface area contributed by atoms with Crippen molar-refractivity contribution in [2.75, 3.05) is 18.1 Å². The largest absolute Gasteiger partial charge is 0.508 e. The topological polar surface area (TPSA) is 87.6 Å². The van der Waals surface area contributed by atoms with Crippen LogP contribution in [0.2, 0.25) is 0 Å². The van der Waals surface area contributed by atoms with E-state index in [1.807, 2.05) is 24.3 Å². The molecule has 0 amide bonds. The molecule has 2 radical (unpaired) electrons. The van der Waals surface area contributed by atoms with Crippen molar-refractivity contribution in [1.82, 2.24) is 0 Å².